The number of thiazole rings is 1. The van der Waals surface area contributed by atoms with Gasteiger partial charge in [-0.2, -0.15) is 0 Å². The fourth-order valence-electron chi connectivity index (χ4n) is 1.98. The van der Waals surface area contributed by atoms with E-state index in [0.717, 1.165) is 10.4 Å². The summed E-state index contributed by atoms with van der Waals surface area (Å²) in [5, 5.41) is 12.8. The first-order valence-electron chi connectivity index (χ1n) is 6.03. The number of nitrogens with zero attached hydrogens (tertiary/aromatic N) is 1. The van der Waals surface area contributed by atoms with E-state index in [9.17, 15) is 14.3 Å². The Hall–Kier alpha value is -2.21. The number of halogens is 1. The lowest BCUT2D eigenvalue weighted by molar-refractivity contribution is -0.118. The number of carbonyl (C=O) groups is 1. The van der Waals surface area contributed by atoms with Gasteiger partial charge in [-0.15, -0.1) is 11.3 Å². The van der Waals surface area contributed by atoms with Crippen molar-refractivity contribution in [3.63, 3.8) is 0 Å². The number of aromatic nitrogens is 1. The molecule has 1 aromatic heterocycles. The van der Waals surface area contributed by atoms with Crippen LogP contribution in [0.3, 0.4) is 0 Å². The van der Waals surface area contributed by atoms with E-state index in [-0.39, 0.29) is 11.6 Å². The van der Waals surface area contributed by atoms with Gasteiger partial charge in [0.2, 0.25) is 0 Å². The van der Waals surface area contributed by atoms with Crippen LogP contribution in [0.15, 0.2) is 36.2 Å². The van der Waals surface area contributed by atoms with Crippen molar-refractivity contribution in [3.8, 4) is 0 Å². The highest BCUT2D eigenvalue weighted by molar-refractivity contribution is 7.12. The van der Waals surface area contributed by atoms with E-state index in [1.807, 2.05) is 0 Å². The summed E-state index contributed by atoms with van der Waals surface area (Å²) in [6.07, 6.45) is 2.36. The minimum atomic E-state index is -0.463. The van der Waals surface area contributed by atoms with E-state index in [1.54, 1.807) is 18.3 Å². The number of amides is 1. The lowest BCUT2D eigenvalue weighted by Gasteiger charge is -1.98. The number of aliphatic hydroxyl groups is 1. The summed E-state index contributed by atoms with van der Waals surface area (Å²) in [4.78, 5) is 16.4. The van der Waals surface area contributed by atoms with Crippen molar-refractivity contribution in [2.45, 2.75) is 6.42 Å². The van der Waals surface area contributed by atoms with Crippen molar-refractivity contribution in [1.82, 2.24) is 10.3 Å². The molecule has 2 heterocycles. The Morgan fingerprint density at radius 1 is 1.35 bits per heavy atom. The van der Waals surface area contributed by atoms with Crippen molar-refractivity contribution < 1.29 is 14.3 Å². The first kappa shape index (κ1) is 12.8. The van der Waals surface area contributed by atoms with Crippen LogP contribution in [0.1, 0.15) is 15.4 Å². The molecule has 1 aromatic carbocycles. The quantitative estimate of drug-likeness (QED) is 0.911. The van der Waals surface area contributed by atoms with Crippen molar-refractivity contribution >= 4 is 22.8 Å². The summed E-state index contributed by atoms with van der Waals surface area (Å²) in [6.45, 7) is 0.300. The monoisotopic (exact) mass is 290 g/mol. The highest BCUT2D eigenvalue weighted by Crippen LogP contribution is 2.27. The second kappa shape index (κ2) is 5.05. The number of hydrogen-bond donors (Lipinski definition) is 2. The molecule has 0 unspecified atom stereocenters. The molecule has 4 nitrogen and oxygen atoms in total. The average molecular weight is 290 g/mol. The lowest BCUT2D eigenvalue weighted by atomic mass is 10.1. The second-order valence-corrected chi connectivity index (χ2v) is 5.56. The van der Waals surface area contributed by atoms with Crippen molar-refractivity contribution in [2.75, 3.05) is 6.54 Å². The molecule has 0 aliphatic carbocycles. The summed E-state index contributed by atoms with van der Waals surface area (Å²) in [5.41, 5.74) is 1.52. The molecular weight excluding hydrogens is 279 g/mol. The Morgan fingerprint density at radius 3 is 2.75 bits per heavy atom. The zero-order chi connectivity index (χ0) is 14.1. The largest absolute Gasteiger partial charge is 0.503 e. The lowest BCUT2D eigenvalue weighted by Crippen LogP contribution is -2.17. The predicted octanol–water partition coefficient (Wildman–Crippen LogP) is 2.27. The average Bonchev–Trinajstić information content (AvgIpc) is 3.01. The van der Waals surface area contributed by atoms with E-state index in [2.05, 4.69) is 10.3 Å². The van der Waals surface area contributed by atoms with E-state index in [1.165, 1.54) is 23.5 Å². The van der Waals surface area contributed by atoms with Crippen LogP contribution in [-0.4, -0.2) is 22.5 Å². The van der Waals surface area contributed by atoms with Crippen LogP contribution in [0, 0.1) is 5.82 Å². The topological polar surface area (TPSA) is 62.2 Å². The van der Waals surface area contributed by atoms with Gasteiger partial charge in [0.1, 0.15) is 10.8 Å². The molecule has 0 atom stereocenters. The molecular formula is C14H11FN2O2S. The van der Waals surface area contributed by atoms with Crippen LogP contribution in [-0.2, 0) is 11.2 Å². The molecule has 20 heavy (non-hydrogen) atoms. The third-order valence-electron chi connectivity index (χ3n) is 3.03. The van der Waals surface area contributed by atoms with Crippen LogP contribution in [0.2, 0.25) is 0 Å². The number of aliphatic hydroxyl groups excluding tert-OH is 1. The third kappa shape index (κ3) is 2.42. The van der Waals surface area contributed by atoms with Crippen LogP contribution in [0.25, 0.3) is 5.57 Å². The minimum absolute atomic E-state index is 0.257. The molecule has 0 spiro atoms. The van der Waals surface area contributed by atoms with Gasteiger partial charge in [-0.05, 0) is 17.7 Å². The Balaban J connectivity index is 1.81. The van der Waals surface area contributed by atoms with Crippen molar-refractivity contribution in [1.29, 1.82) is 0 Å². The smallest absolute Gasteiger partial charge is 0.286 e. The molecule has 6 heteroatoms. The van der Waals surface area contributed by atoms with Crippen LogP contribution in [0.5, 0.6) is 0 Å². The van der Waals surface area contributed by atoms with Crippen molar-refractivity contribution in [3.05, 3.63) is 57.5 Å². The van der Waals surface area contributed by atoms with E-state index in [0.29, 0.717) is 23.5 Å². The summed E-state index contributed by atoms with van der Waals surface area (Å²) < 4.78 is 12.8. The highest BCUT2D eigenvalue weighted by Gasteiger charge is 2.24. The predicted molar refractivity (Wildman–Crippen MR) is 73.9 cm³/mol. The Bertz CT molecular complexity index is 691. The molecule has 102 valence electrons. The molecule has 0 saturated carbocycles. The molecule has 0 radical (unpaired) electrons. The van der Waals surface area contributed by atoms with Gasteiger partial charge < -0.3 is 10.4 Å². The molecule has 0 fully saturated rings. The van der Waals surface area contributed by atoms with Gasteiger partial charge in [0.05, 0.1) is 12.1 Å². The molecule has 2 aromatic rings. The van der Waals surface area contributed by atoms with Crippen LogP contribution in [0.4, 0.5) is 4.39 Å². The van der Waals surface area contributed by atoms with Gasteiger partial charge in [-0.3, -0.25) is 4.79 Å². The van der Waals surface area contributed by atoms with Crippen molar-refractivity contribution in [2.24, 2.45) is 0 Å². The first-order valence-corrected chi connectivity index (χ1v) is 6.85. The fourth-order valence-corrected chi connectivity index (χ4v) is 2.97. The Kier molecular flexibility index (Phi) is 3.23. The zero-order valence-corrected chi connectivity index (χ0v) is 11.2. The number of hydrogen-bond acceptors (Lipinski definition) is 4. The summed E-state index contributed by atoms with van der Waals surface area (Å²) in [6, 6.07) is 6.30. The standard InChI is InChI=1S/C14H11FN2O2S/c15-9-3-1-8(2-4-9)5-10-6-17-14(20-10)11-7-16-13(19)12(11)18/h1-4,6,18H,5,7H2,(H,16,19). The van der Waals surface area contributed by atoms with Gasteiger partial charge in [0.25, 0.3) is 5.91 Å². The van der Waals surface area contributed by atoms with E-state index in [4.69, 9.17) is 0 Å². The first-order chi connectivity index (χ1) is 9.63. The SMILES string of the molecule is O=C1NCC(c2ncc(Cc3ccc(F)cc3)s2)=C1O. The van der Waals surface area contributed by atoms with Gasteiger partial charge in [0, 0.05) is 17.5 Å². The minimum Gasteiger partial charge on any atom is -0.503 e. The van der Waals surface area contributed by atoms with Gasteiger partial charge in [-0.25, -0.2) is 9.37 Å². The molecule has 3 rings (SSSR count). The third-order valence-corrected chi connectivity index (χ3v) is 4.09. The summed E-state index contributed by atoms with van der Waals surface area (Å²) in [7, 11) is 0. The summed E-state index contributed by atoms with van der Waals surface area (Å²) >= 11 is 1.42. The summed E-state index contributed by atoms with van der Waals surface area (Å²) in [5.74, 6) is -0.979. The second-order valence-electron chi connectivity index (χ2n) is 4.44. The molecule has 0 bridgehead atoms. The molecule has 1 amide bonds. The maximum absolute atomic E-state index is 12.8. The number of nitrogens with one attached hydrogen (secondary N) is 1. The van der Waals surface area contributed by atoms with E-state index < -0.39 is 5.91 Å². The number of carbonyl (C=O) groups excluding carboxylic acids is 1. The van der Waals surface area contributed by atoms with E-state index >= 15 is 0 Å². The van der Waals surface area contributed by atoms with Gasteiger partial charge in [-0.1, -0.05) is 12.1 Å². The Labute approximate surface area is 118 Å². The fraction of sp³-hybridized carbons (Fsp3) is 0.143. The normalized spacial score (nSPS) is 14.8. The Morgan fingerprint density at radius 2 is 2.10 bits per heavy atom. The van der Waals surface area contributed by atoms with Gasteiger partial charge in [0.15, 0.2) is 5.76 Å². The number of benzene rings is 1. The molecule has 1 aliphatic heterocycles. The maximum Gasteiger partial charge on any atom is 0.286 e. The molecule has 2 N–H and O–H groups in total. The van der Waals surface area contributed by atoms with Crippen LogP contribution >= 0.6 is 11.3 Å². The zero-order valence-electron chi connectivity index (χ0n) is 10.4. The highest BCUT2D eigenvalue weighted by atomic mass is 32.1. The maximum atomic E-state index is 12.8. The molecule has 1 aliphatic rings. The van der Waals surface area contributed by atoms with Gasteiger partial charge >= 0.3 is 0 Å². The molecule has 0 saturated heterocycles. The number of rotatable bonds is 3. The van der Waals surface area contributed by atoms with Crippen LogP contribution < -0.4 is 5.32 Å².